The van der Waals surface area contributed by atoms with Crippen molar-refractivity contribution in [1.82, 2.24) is 25.1 Å². The number of aromatic amines is 1. The number of aromatic nitrogens is 2. The summed E-state index contributed by atoms with van der Waals surface area (Å²) in [5, 5.41) is 3.21. The Morgan fingerprint density at radius 2 is 1.90 bits per heavy atom. The summed E-state index contributed by atoms with van der Waals surface area (Å²) in [4.78, 5) is 15.5. The van der Waals surface area contributed by atoms with Gasteiger partial charge in [0.1, 0.15) is 5.82 Å². The third kappa shape index (κ3) is 9.33. The van der Waals surface area contributed by atoms with Gasteiger partial charge < -0.3 is 15.2 Å². The number of guanidine groups is 1. The minimum atomic E-state index is -4.17. The molecule has 0 saturated heterocycles. The molecule has 0 amide bonds. The quantitative estimate of drug-likeness (QED) is 0.220. The Morgan fingerprint density at radius 1 is 1.20 bits per heavy atom. The maximum Gasteiger partial charge on any atom is 0.401 e. The van der Waals surface area contributed by atoms with Crippen molar-refractivity contribution in [1.29, 1.82) is 0 Å². The molecule has 0 bridgehead atoms. The Morgan fingerprint density at radius 3 is 2.53 bits per heavy atom. The number of hydrogen-bond donors (Lipinski definition) is 2. The van der Waals surface area contributed by atoms with Gasteiger partial charge in [0.15, 0.2) is 5.96 Å². The highest BCUT2D eigenvalue weighted by Gasteiger charge is 2.28. The Labute approximate surface area is 193 Å². The lowest BCUT2D eigenvalue weighted by atomic mass is 10.2. The van der Waals surface area contributed by atoms with E-state index in [1.807, 2.05) is 49.2 Å². The molecule has 0 aliphatic carbocycles. The lowest BCUT2D eigenvalue weighted by Gasteiger charge is -2.21. The minimum absolute atomic E-state index is 0. The lowest BCUT2D eigenvalue weighted by molar-refractivity contribution is -0.143. The number of hydrogen-bond acceptors (Lipinski definition) is 3. The Kier molecular flexibility index (Phi) is 11.2. The van der Waals surface area contributed by atoms with E-state index in [2.05, 4.69) is 20.3 Å². The molecule has 0 saturated carbocycles. The molecule has 168 valence electrons. The predicted octanol–water partition coefficient (Wildman–Crippen LogP) is 3.98. The molecule has 2 rings (SSSR count). The van der Waals surface area contributed by atoms with E-state index in [1.165, 1.54) is 11.9 Å². The Hall–Kier alpha value is -1.82. The van der Waals surface area contributed by atoms with Crippen LogP contribution in [0.4, 0.5) is 13.2 Å². The molecule has 0 spiro atoms. The first kappa shape index (κ1) is 26.2. The third-order valence-corrected chi connectivity index (χ3v) is 4.21. The maximum atomic E-state index is 12.4. The molecule has 30 heavy (non-hydrogen) atoms. The molecule has 6 nitrogen and oxygen atoms in total. The number of alkyl halides is 3. The third-order valence-electron chi connectivity index (χ3n) is 4.21. The zero-order chi connectivity index (χ0) is 21.3. The summed E-state index contributed by atoms with van der Waals surface area (Å²) in [6, 6.07) is 9.95. The van der Waals surface area contributed by atoms with Crippen molar-refractivity contribution in [2.24, 2.45) is 4.99 Å². The summed E-state index contributed by atoms with van der Waals surface area (Å²) in [5.74, 6) is 1.51. The topological polar surface area (TPSA) is 59.6 Å². The first-order chi connectivity index (χ1) is 13.8. The van der Waals surface area contributed by atoms with Crippen molar-refractivity contribution in [3.63, 3.8) is 0 Å². The Bertz CT molecular complexity index is 763. The fourth-order valence-electron chi connectivity index (χ4n) is 2.89. The van der Waals surface area contributed by atoms with Crippen LogP contribution in [-0.4, -0.2) is 72.2 Å². The van der Waals surface area contributed by atoms with Crippen LogP contribution in [0.5, 0.6) is 0 Å². The van der Waals surface area contributed by atoms with Gasteiger partial charge in [0.2, 0.25) is 0 Å². The second-order valence-electron chi connectivity index (χ2n) is 6.91. The van der Waals surface area contributed by atoms with Crippen molar-refractivity contribution in [3.8, 4) is 11.3 Å². The van der Waals surface area contributed by atoms with Crippen molar-refractivity contribution >= 4 is 29.9 Å². The van der Waals surface area contributed by atoms with Crippen LogP contribution in [0, 0.1) is 0 Å². The smallest absolute Gasteiger partial charge is 0.357 e. The van der Waals surface area contributed by atoms with Gasteiger partial charge in [0.25, 0.3) is 0 Å². The lowest BCUT2D eigenvalue weighted by Crippen LogP contribution is -2.39. The van der Waals surface area contributed by atoms with E-state index in [4.69, 9.17) is 0 Å². The maximum absolute atomic E-state index is 12.4. The van der Waals surface area contributed by atoms with Crippen LogP contribution in [0.2, 0.25) is 0 Å². The molecule has 0 aliphatic heterocycles. The molecule has 0 aliphatic rings. The number of halogens is 4. The van der Waals surface area contributed by atoms with E-state index in [0.717, 1.165) is 17.1 Å². The number of H-pyrrole nitrogens is 1. The van der Waals surface area contributed by atoms with E-state index in [-0.39, 0.29) is 24.0 Å². The number of rotatable bonds is 9. The van der Waals surface area contributed by atoms with Crippen LogP contribution >= 0.6 is 24.0 Å². The van der Waals surface area contributed by atoms with Gasteiger partial charge in [-0.3, -0.25) is 9.89 Å². The van der Waals surface area contributed by atoms with Crippen LogP contribution in [0.1, 0.15) is 19.2 Å². The summed E-state index contributed by atoms with van der Waals surface area (Å²) in [6.07, 6.45) is -1.82. The highest BCUT2D eigenvalue weighted by atomic mass is 127. The molecule has 10 heteroatoms. The zero-order valence-electron chi connectivity index (χ0n) is 17.5. The van der Waals surface area contributed by atoms with E-state index in [9.17, 15) is 13.2 Å². The second-order valence-corrected chi connectivity index (χ2v) is 6.91. The zero-order valence-corrected chi connectivity index (χ0v) is 19.9. The van der Waals surface area contributed by atoms with E-state index in [1.54, 1.807) is 6.20 Å². The summed E-state index contributed by atoms with van der Waals surface area (Å²) in [7, 11) is 3.37. The standard InChI is InChI=1S/C20H29F3N6.HI/c1-4-24-19(25-11-8-12-28(2)15-20(21,22)23)29(3)14-18-26-13-17(27-18)16-9-6-5-7-10-16;/h5-7,9-10,13H,4,8,11-12,14-15H2,1-3H3,(H,24,25)(H,26,27);1H. The molecule has 1 aromatic heterocycles. The highest BCUT2D eigenvalue weighted by Crippen LogP contribution is 2.17. The first-order valence-electron chi connectivity index (χ1n) is 9.62. The van der Waals surface area contributed by atoms with Gasteiger partial charge in [-0.2, -0.15) is 13.2 Å². The molecule has 0 radical (unpaired) electrons. The van der Waals surface area contributed by atoms with Crippen LogP contribution in [0.25, 0.3) is 11.3 Å². The number of aliphatic imine (C=N–C) groups is 1. The number of benzene rings is 1. The molecule has 2 aromatic rings. The predicted molar refractivity (Wildman–Crippen MR) is 125 cm³/mol. The Balaban J connectivity index is 0.00000450. The molecule has 0 fully saturated rings. The minimum Gasteiger partial charge on any atom is -0.357 e. The summed E-state index contributed by atoms with van der Waals surface area (Å²) in [6.45, 7) is 3.09. The molecule has 1 heterocycles. The molecular formula is C20H30F3IN6. The SMILES string of the molecule is CCNC(=NCCCN(C)CC(F)(F)F)N(C)Cc1ncc(-c2ccccc2)[nH]1.I. The largest absolute Gasteiger partial charge is 0.401 e. The molecule has 0 unspecified atom stereocenters. The van der Waals surface area contributed by atoms with Gasteiger partial charge in [0.05, 0.1) is 25.0 Å². The van der Waals surface area contributed by atoms with Crippen LogP contribution in [0.15, 0.2) is 41.5 Å². The van der Waals surface area contributed by atoms with E-state index < -0.39 is 12.7 Å². The molecule has 2 N–H and O–H groups in total. The van der Waals surface area contributed by atoms with Gasteiger partial charge in [-0.15, -0.1) is 24.0 Å². The average molecular weight is 538 g/mol. The monoisotopic (exact) mass is 538 g/mol. The summed E-state index contributed by atoms with van der Waals surface area (Å²) < 4.78 is 37.1. The van der Waals surface area contributed by atoms with Gasteiger partial charge >= 0.3 is 6.18 Å². The van der Waals surface area contributed by atoms with Crippen LogP contribution in [0.3, 0.4) is 0 Å². The van der Waals surface area contributed by atoms with Gasteiger partial charge in [-0.05, 0) is 32.5 Å². The van der Waals surface area contributed by atoms with Gasteiger partial charge in [0, 0.05) is 20.1 Å². The van der Waals surface area contributed by atoms with Crippen molar-refractivity contribution < 1.29 is 13.2 Å². The first-order valence-corrected chi connectivity index (χ1v) is 9.62. The second kappa shape index (κ2) is 12.8. The number of nitrogens with one attached hydrogen (secondary N) is 2. The van der Waals surface area contributed by atoms with Crippen LogP contribution in [-0.2, 0) is 6.54 Å². The normalized spacial score (nSPS) is 12.0. The summed E-state index contributed by atoms with van der Waals surface area (Å²) >= 11 is 0. The average Bonchev–Trinajstić information content (AvgIpc) is 3.12. The highest BCUT2D eigenvalue weighted by molar-refractivity contribution is 14.0. The fourth-order valence-corrected chi connectivity index (χ4v) is 2.89. The van der Waals surface area contributed by atoms with Crippen molar-refractivity contribution in [2.45, 2.75) is 26.1 Å². The summed E-state index contributed by atoms with van der Waals surface area (Å²) in [5.41, 5.74) is 2.01. The van der Waals surface area contributed by atoms with E-state index in [0.29, 0.717) is 38.6 Å². The van der Waals surface area contributed by atoms with Gasteiger partial charge in [-0.25, -0.2) is 4.98 Å². The van der Waals surface area contributed by atoms with Crippen molar-refractivity contribution in [2.75, 3.05) is 40.3 Å². The fraction of sp³-hybridized carbons (Fsp3) is 0.500. The number of imidazole rings is 1. The van der Waals surface area contributed by atoms with E-state index >= 15 is 0 Å². The molecular weight excluding hydrogens is 508 g/mol. The van der Waals surface area contributed by atoms with Crippen molar-refractivity contribution in [3.05, 3.63) is 42.4 Å². The molecule has 1 aromatic carbocycles. The number of nitrogens with zero attached hydrogens (tertiary/aromatic N) is 4. The van der Waals surface area contributed by atoms with Gasteiger partial charge in [-0.1, -0.05) is 30.3 Å². The van der Waals surface area contributed by atoms with Crippen LogP contribution < -0.4 is 5.32 Å². The molecule has 0 atom stereocenters.